The summed E-state index contributed by atoms with van der Waals surface area (Å²) in [5, 5.41) is 0. The summed E-state index contributed by atoms with van der Waals surface area (Å²) < 4.78 is 16.9. The van der Waals surface area contributed by atoms with E-state index in [9.17, 15) is 14.4 Å². The molecule has 0 aromatic rings. The van der Waals surface area contributed by atoms with Crippen LogP contribution in [0.3, 0.4) is 0 Å². The summed E-state index contributed by atoms with van der Waals surface area (Å²) >= 11 is 0. The lowest BCUT2D eigenvalue weighted by molar-refractivity contribution is -0.167. The van der Waals surface area contributed by atoms with Crippen LogP contribution < -0.4 is 0 Å². The molecule has 0 fully saturated rings. The maximum atomic E-state index is 12.9. The van der Waals surface area contributed by atoms with Crippen molar-refractivity contribution in [2.75, 3.05) is 13.2 Å². The molecule has 0 radical (unpaired) electrons. The monoisotopic (exact) mass is 993 g/mol. The van der Waals surface area contributed by atoms with Gasteiger partial charge in [0.2, 0.25) is 0 Å². The van der Waals surface area contributed by atoms with Gasteiger partial charge in [-0.2, -0.15) is 0 Å². The van der Waals surface area contributed by atoms with Gasteiger partial charge in [-0.25, -0.2) is 0 Å². The fraction of sp³-hybridized carbons (Fsp3) is 0.800. The third-order valence-corrected chi connectivity index (χ3v) is 13.5. The summed E-state index contributed by atoms with van der Waals surface area (Å²) in [6.07, 6.45) is 75.0. The molecular formula is C65H116O6. The first-order valence-electron chi connectivity index (χ1n) is 30.8. The second-order valence-corrected chi connectivity index (χ2v) is 20.6. The molecule has 6 nitrogen and oxygen atoms in total. The van der Waals surface area contributed by atoms with Crippen molar-refractivity contribution in [3.63, 3.8) is 0 Å². The molecule has 412 valence electrons. The number of ether oxygens (including phenoxy) is 3. The first kappa shape index (κ1) is 68.1. The second kappa shape index (κ2) is 59.7. The molecule has 0 amide bonds. The number of allylic oxidation sites excluding steroid dienone is 10. The van der Waals surface area contributed by atoms with E-state index < -0.39 is 6.10 Å². The largest absolute Gasteiger partial charge is 0.462 e. The highest BCUT2D eigenvalue weighted by atomic mass is 16.6. The number of carbonyl (C=O) groups is 3. The van der Waals surface area contributed by atoms with Gasteiger partial charge in [0, 0.05) is 19.3 Å². The fourth-order valence-electron chi connectivity index (χ4n) is 8.83. The lowest BCUT2D eigenvalue weighted by Gasteiger charge is -2.18. The molecule has 1 unspecified atom stereocenters. The van der Waals surface area contributed by atoms with Crippen molar-refractivity contribution in [2.45, 2.75) is 322 Å². The molecule has 0 heterocycles. The summed E-state index contributed by atoms with van der Waals surface area (Å²) in [6.45, 7) is 6.62. The van der Waals surface area contributed by atoms with Crippen molar-refractivity contribution in [3.05, 3.63) is 60.8 Å². The Morgan fingerprint density at radius 2 is 0.507 bits per heavy atom. The Morgan fingerprint density at radius 3 is 0.803 bits per heavy atom. The first-order valence-corrected chi connectivity index (χ1v) is 30.8. The van der Waals surface area contributed by atoms with Gasteiger partial charge in [-0.05, 0) is 89.9 Å². The van der Waals surface area contributed by atoms with Crippen molar-refractivity contribution in [1.29, 1.82) is 0 Å². The molecule has 0 aromatic carbocycles. The van der Waals surface area contributed by atoms with Crippen molar-refractivity contribution >= 4 is 17.9 Å². The molecule has 0 N–H and O–H groups in total. The van der Waals surface area contributed by atoms with Crippen LogP contribution in [0.4, 0.5) is 0 Å². The molecule has 6 heteroatoms. The summed E-state index contributed by atoms with van der Waals surface area (Å²) in [5.41, 5.74) is 0. The maximum absolute atomic E-state index is 12.9. The molecule has 1 atom stereocenters. The van der Waals surface area contributed by atoms with Gasteiger partial charge in [0.05, 0.1) is 0 Å². The molecule has 71 heavy (non-hydrogen) atoms. The molecule has 0 aromatic heterocycles. The predicted molar refractivity (Wildman–Crippen MR) is 307 cm³/mol. The summed E-state index contributed by atoms with van der Waals surface area (Å²) in [6, 6.07) is 0. The Kier molecular flexibility index (Phi) is 57.2. The number of carbonyl (C=O) groups excluding carboxylic acids is 3. The Hall–Kier alpha value is -2.89. The van der Waals surface area contributed by atoms with Crippen LogP contribution in [0, 0.1) is 0 Å². The van der Waals surface area contributed by atoms with Crippen LogP contribution in [0.25, 0.3) is 0 Å². The van der Waals surface area contributed by atoms with Gasteiger partial charge in [-0.15, -0.1) is 0 Å². The lowest BCUT2D eigenvalue weighted by atomic mass is 10.0. The summed E-state index contributed by atoms with van der Waals surface area (Å²) in [5.74, 6) is -0.883. The zero-order chi connectivity index (χ0) is 51.4. The van der Waals surface area contributed by atoms with Gasteiger partial charge < -0.3 is 14.2 Å². The standard InChI is InChI=1S/C65H116O6/c1-4-7-10-13-16-19-22-25-27-29-30-31-32-33-34-35-36-37-39-40-43-46-49-52-55-58-64(67)70-61-62(60-69-63(66)57-54-51-48-45-42-24-21-18-15-12-9-6-3)71-65(68)59-56-53-50-47-44-41-38-28-26-23-20-17-14-11-8-5-2/h20,22-23,25,28-30,32-33,38,62H,4-19,21,24,26-27,31,34-37,39-61H2,1-3H3/b23-20-,25-22-,30-29-,33-32-,38-28-. The van der Waals surface area contributed by atoms with E-state index in [0.29, 0.717) is 19.3 Å². The number of hydrogen-bond acceptors (Lipinski definition) is 6. The van der Waals surface area contributed by atoms with Crippen LogP contribution in [-0.4, -0.2) is 37.2 Å². The molecule has 0 aliphatic heterocycles. The number of unbranched alkanes of at least 4 members (excludes halogenated alkanes) is 35. The Bertz CT molecular complexity index is 1280. The Labute approximate surface area is 440 Å². The van der Waals surface area contributed by atoms with E-state index in [0.717, 1.165) is 96.3 Å². The van der Waals surface area contributed by atoms with E-state index in [1.54, 1.807) is 0 Å². The quantitative estimate of drug-likeness (QED) is 0.0261. The molecule has 0 rings (SSSR count). The Balaban J connectivity index is 4.29. The van der Waals surface area contributed by atoms with Gasteiger partial charge in [-0.3, -0.25) is 14.4 Å². The van der Waals surface area contributed by atoms with E-state index in [1.807, 2.05) is 0 Å². The maximum Gasteiger partial charge on any atom is 0.306 e. The smallest absolute Gasteiger partial charge is 0.306 e. The van der Waals surface area contributed by atoms with Crippen molar-refractivity contribution < 1.29 is 28.6 Å². The topological polar surface area (TPSA) is 78.9 Å². The van der Waals surface area contributed by atoms with Crippen LogP contribution in [0.2, 0.25) is 0 Å². The van der Waals surface area contributed by atoms with Crippen LogP contribution >= 0.6 is 0 Å². The fourth-order valence-corrected chi connectivity index (χ4v) is 8.83. The SMILES string of the molecule is CCCCCC/C=C\C/C=C\CCCCCCCC(=O)OC(COC(=O)CCCCCCCCCCCC/C=C\C/C=C\C/C=C\CCCCCCC)COC(=O)CCCCCCCCCCCCCC. The molecule has 0 aliphatic rings. The van der Waals surface area contributed by atoms with Crippen LogP contribution in [-0.2, 0) is 28.6 Å². The highest BCUT2D eigenvalue weighted by Gasteiger charge is 2.19. The van der Waals surface area contributed by atoms with Crippen LogP contribution in [0.15, 0.2) is 60.8 Å². The van der Waals surface area contributed by atoms with Crippen molar-refractivity contribution in [2.24, 2.45) is 0 Å². The van der Waals surface area contributed by atoms with E-state index in [1.165, 1.54) is 180 Å². The third-order valence-electron chi connectivity index (χ3n) is 13.5. The van der Waals surface area contributed by atoms with Gasteiger partial charge in [-0.1, -0.05) is 268 Å². The lowest BCUT2D eigenvalue weighted by Crippen LogP contribution is -2.30. The molecular weight excluding hydrogens is 877 g/mol. The van der Waals surface area contributed by atoms with Crippen molar-refractivity contribution in [3.8, 4) is 0 Å². The van der Waals surface area contributed by atoms with Gasteiger partial charge in [0.15, 0.2) is 6.10 Å². The number of esters is 3. The molecule has 0 bridgehead atoms. The second-order valence-electron chi connectivity index (χ2n) is 20.6. The highest BCUT2D eigenvalue weighted by molar-refractivity contribution is 5.71. The molecule has 0 saturated heterocycles. The van der Waals surface area contributed by atoms with Gasteiger partial charge in [0.25, 0.3) is 0 Å². The van der Waals surface area contributed by atoms with Crippen LogP contribution in [0.5, 0.6) is 0 Å². The third kappa shape index (κ3) is 57.9. The Morgan fingerprint density at radius 1 is 0.282 bits per heavy atom. The predicted octanol–water partition coefficient (Wildman–Crippen LogP) is 20.8. The number of hydrogen-bond donors (Lipinski definition) is 0. The normalized spacial score (nSPS) is 12.4. The average Bonchev–Trinajstić information content (AvgIpc) is 3.37. The zero-order valence-corrected chi connectivity index (χ0v) is 47.2. The zero-order valence-electron chi connectivity index (χ0n) is 47.2. The minimum atomic E-state index is -0.781. The van der Waals surface area contributed by atoms with E-state index in [-0.39, 0.29) is 31.1 Å². The minimum absolute atomic E-state index is 0.0783. The van der Waals surface area contributed by atoms with Gasteiger partial charge >= 0.3 is 17.9 Å². The van der Waals surface area contributed by atoms with E-state index in [4.69, 9.17) is 14.2 Å². The molecule has 0 saturated carbocycles. The molecule has 0 spiro atoms. The molecule has 0 aliphatic carbocycles. The minimum Gasteiger partial charge on any atom is -0.462 e. The number of rotatable bonds is 56. The summed E-state index contributed by atoms with van der Waals surface area (Å²) in [4.78, 5) is 38.2. The van der Waals surface area contributed by atoms with Crippen molar-refractivity contribution in [1.82, 2.24) is 0 Å². The van der Waals surface area contributed by atoms with E-state index >= 15 is 0 Å². The average molecular weight is 994 g/mol. The highest BCUT2D eigenvalue weighted by Crippen LogP contribution is 2.16. The first-order chi connectivity index (χ1) is 35.0. The van der Waals surface area contributed by atoms with E-state index in [2.05, 4.69) is 81.5 Å². The summed E-state index contributed by atoms with van der Waals surface area (Å²) in [7, 11) is 0. The van der Waals surface area contributed by atoms with Gasteiger partial charge in [0.1, 0.15) is 13.2 Å². The van der Waals surface area contributed by atoms with Crippen LogP contribution in [0.1, 0.15) is 316 Å².